The minimum absolute atomic E-state index is 0.405. The molecule has 4 heteroatoms. The molecule has 0 radical (unpaired) electrons. The lowest BCUT2D eigenvalue weighted by molar-refractivity contribution is 0.461. The van der Waals surface area contributed by atoms with Gasteiger partial charge in [0, 0.05) is 0 Å². The summed E-state index contributed by atoms with van der Waals surface area (Å²) in [5.74, 6) is 0. The maximum absolute atomic E-state index is 12.5. The van der Waals surface area contributed by atoms with Crippen LogP contribution in [0.4, 0.5) is 0 Å². The molecule has 0 aliphatic carbocycles. The molecule has 0 spiro atoms. The summed E-state index contributed by atoms with van der Waals surface area (Å²) in [6.45, 7) is 4.64. The van der Waals surface area contributed by atoms with Crippen molar-refractivity contribution in [2.24, 2.45) is 0 Å². The van der Waals surface area contributed by atoms with E-state index >= 15 is 0 Å². The van der Waals surface area contributed by atoms with Gasteiger partial charge in [0.2, 0.25) is 0 Å². The normalized spacial score (nSPS) is 21.4. The Balaban J connectivity index is 2.37. The van der Waals surface area contributed by atoms with Gasteiger partial charge in [-0.3, -0.25) is 0 Å². The molecular weight excluding hydrogens is 234 g/mol. The lowest BCUT2D eigenvalue weighted by atomic mass is 10.2. The minimum Gasteiger partial charge on any atom is -0.301 e. The molecule has 1 saturated heterocycles. The van der Waals surface area contributed by atoms with Gasteiger partial charge in [0.05, 0.1) is 4.90 Å². The highest BCUT2D eigenvalue weighted by Gasteiger charge is 2.29. The molecule has 0 bridgehead atoms. The lowest BCUT2D eigenvalue weighted by Crippen LogP contribution is -2.40. The Morgan fingerprint density at radius 2 is 2.00 bits per heavy atom. The van der Waals surface area contributed by atoms with Gasteiger partial charge >= 0.3 is 0 Å². The molecule has 1 heterocycles. The Hall–Kier alpha value is -0.870. The predicted octanol–water partition coefficient (Wildman–Crippen LogP) is 2.18. The molecule has 1 aromatic rings. The third-order valence-electron chi connectivity index (χ3n) is 3.28. The summed E-state index contributed by atoms with van der Waals surface area (Å²) < 4.78 is 24.9. The molecule has 1 atom stereocenters. The first-order chi connectivity index (χ1) is 8.01. The molecule has 0 saturated carbocycles. The van der Waals surface area contributed by atoms with Crippen molar-refractivity contribution in [1.29, 1.82) is 0 Å². The first-order valence-electron chi connectivity index (χ1n) is 6.06. The van der Waals surface area contributed by atoms with E-state index in [1.165, 1.54) is 0 Å². The molecule has 17 heavy (non-hydrogen) atoms. The van der Waals surface area contributed by atoms with Crippen LogP contribution in [0.3, 0.4) is 0 Å². The van der Waals surface area contributed by atoms with E-state index in [-0.39, 0.29) is 0 Å². The average molecular weight is 253 g/mol. The van der Waals surface area contributed by atoms with Gasteiger partial charge in [-0.05, 0) is 51.3 Å². The Kier molecular flexibility index (Phi) is 3.54. The van der Waals surface area contributed by atoms with Gasteiger partial charge < -0.3 is 5.32 Å². The molecule has 1 N–H and O–H groups in total. The maximum atomic E-state index is 12.5. The fourth-order valence-electron chi connectivity index (χ4n) is 2.36. The van der Waals surface area contributed by atoms with Crippen molar-refractivity contribution in [2.45, 2.75) is 43.4 Å². The van der Waals surface area contributed by atoms with Gasteiger partial charge in [-0.15, -0.1) is 0 Å². The molecule has 1 aromatic carbocycles. The number of hydrogen-bond donors (Lipinski definition) is 1. The molecule has 0 aromatic heterocycles. The van der Waals surface area contributed by atoms with Crippen LogP contribution in [-0.2, 0) is 9.84 Å². The Labute approximate surface area is 103 Å². The lowest BCUT2D eigenvalue weighted by Gasteiger charge is -2.24. The second kappa shape index (κ2) is 4.78. The van der Waals surface area contributed by atoms with E-state index in [9.17, 15) is 8.42 Å². The second-order valence-electron chi connectivity index (χ2n) is 4.75. The van der Waals surface area contributed by atoms with Gasteiger partial charge in [0.1, 0.15) is 5.37 Å². The summed E-state index contributed by atoms with van der Waals surface area (Å²) in [5.41, 5.74) is 1.94. The Morgan fingerprint density at radius 1 is 1.24 bits per heavy atom. The number of benzene rings is 1. The Bertz CT molecular complexity index is 502. The van der Waals surface area contributed by atoms with Gasteiger partial charge in [0.25, 0.3) is 0 Å². The number of hydrogen-bond acceptors (Lipinski definition) is 3. The zero-order valence-electron chi connectivity index (χ0n) is 10.4. The van der Waals surface area contributed by atoms with E-state index in [2.05, 4.69) is 5.32 Å². The van der Waals surface area contributed by atoms with Crippen molar-refractivity contribution >= 4 is 9.84 Å². The van der Waals surface area contributed by atoms with E-state index in [1.54, 1.807) is 6.07 Å². The van der Waals surface area contributed by atoms with Gasteiger partial charge in [0.15, 0.2) is 9.84 Å². The van der Waals surface area contributed by atoms with Gasteiger partial charge in [-0.1, -0.05) is 17.7 Å². The highest BCUT2D eigenvalue weighted by Crippen LogP contribution is 2.24. The van der Waals surface area contributed by atoms with E-state index in [0.717, 1.165) is 36.9 Å². The highest BCUT2D eigenvalue weighted by atomic mass is 32.2. The number of rotatable bonds is 2. The number of nitrogens with one attached hydrogen (secondary N) is 1. The van der Waals surface area contributed by atoms with Gasteiger partial charge in [-0.2, -0.15) is 0 Å². The molecule has 1 unspecified atom stereocenters. The summed E-state index contributed by atoms with van der Waals surface area (Å²) in [6.07, 6.45) is 2.77. The minimum atomic E-state index is -3.22. The standard InChI is InChI=1S/C13H19NO2S/c1-10-6-7-12(11(2)9-10)17(15,16)13-5-3-4-8-14-13/h6-7,9,13-14H,3-5,8H2,1-2H3. The largest absolute Gasteiger partial charge is 0.301 e. The third kappa shape index (κ3) is 2.53. The smallest absolute Gasteiger partial charge is 0.194 e. The van der Waals surface area contributed by atoms with Crippen molar-refractivity contribution in [3.8, 4) is 0 Å². The van der Waals surface area contributed by atoms with E-state index in [1.807, 2.05) is 26.0 Å². The first-order valence-corrected chi connectivity index (χ1v) is 7.61. The van der Waals surface area contributed by atoms with Crippen LogP contribution in [0.1, 0.15) is 30.4 Å². The maximum Gasteiger partial charge on any atom is 0.194 e. The average Bonchev–Trinajstić information content (AvgIpc) is 2.29. The van der Waals surface area contributed by atoms with Crippen LogP contribution in [0.15, 0.2) is 23.1 Å². The fourth-order valence-corrected chi connectivity index (χ4v) is 4.24. The monoisotopic (exact) mass is 253 g/mol. The second-order valence-corrected chi connectivity index (χ2v) is 6.85. The number of sulfone groups is 1. The Morgan fingerprint density at radius 3 is 2.59 bits per heavy atom. The van der Waals surface area contributed by atoms with Crippen LogP contribution >= 0.6 is 0 Å². The summed E-state index contributed by atoms with van der Waals surface area (Å²) in [4.78, 5) is 0.475. The SMILES string of the molecule is Cc1ccc(S(=O)(=O)C2CCCCN2)c(C)c1. The zero-order chi connectivity index (χ0) is 12.5. The molecule has 1 fully saturated rings. The van der Waals surface area contributed by atoms with Crippen LogP contribution in [-0.4, -0.2) is 20.3 Å². The first kappa shape index (κ1) is 12.6. The van der Waals surface area contributed by atoms with Crippen LogP contribution in [0, 0.1) is 13.8 Å². The zero-order valence-corrected chi connectivity index (χ0v) is 11.2. The molecule has 0 amide bonds. The van der Waals surface area contributed by atoms with Crippen molar-refractivity contribution in [2.75, 3.05) is 6.54 Å². The van der Waals surface area contributed by atoms with Crippen LogP contribution in [0.2, 0.25) is 0 Å². The molecule has 1 aliphatic heterocycles. The topological polar surface area (TPSA) is 46.2 Å². The molecule has 3 nitrogen and oxygen atoms in total. The molecule has 1 aliphatic rings. The van der Waals surface area contributed by atoms with Crippen LogP contribution in [0.25, 0.3) is 0 Å². The summed E-state index contributed by atoms with van der Waals surface area (Å²) >= 11 is 0. The van der Waals surface area contributed by atoms with Crippen molar-refractivity contribution in [3.05, 3.63) is 29.3 Å². The summed E-state index contributed by atoms with van der Waals surface area (Å²) in [6, 6.07) is 5.52. The summed E-state index contributed by atoms with van der Waals surface area (Å²) in [7, 11) is -3.22. The van der Waals surface area contributed by atoms with Crippen molar-refractivity contribution < 1.29 is 8.42 Å². The molecule has 94 valence electrons. The number of aryl methyl sites for hydroxylation is 2. The summed E-state index contributed by atoms with van der Waals surface area (Å²) in [5, 5.41) is 2.71. The van der Waals surface area contributed by atoms with Crippen LogP contribution < -0.4 is 5.32 Å². The van der Waals surface area contributed by atoms with Gasteiger partial charge in [-0.25, -0.2) is 8.42 Å². The fraction of sp³-hybridized carbons (Fsp3) is 0.538. The van der Waals surface area contributed by atoms with Crippen molar-refractivity contribution in [3.63, 3.8) is 0 Å². The molecule has 2 rings (SSSR count). The van der Waals surface area contributed by atoms with Crippen molar-refractivity contribution in [1.82, 2.24) is 5.32 Å². The van der Waals surface area contributed by atoms with E-state index in [0.29, 0.717) is 4.90 Å². The van der Waals surface area contributed by atoms with E-state index < -0.39 is 15.2 Å². The van der Waals surface area contributed by atoms with Crippen LogP contribution in [0.5, 0.6) is 0 Å². The van der Waals surface area contributed by atoms with E-state index in [4.69, 9.17) is 0 Å². The molecular formula is C13H19NO2S. The number of piperidine rings is 1. The quantitative estimate of drug-likeness (QED) is 0.878. The third-order valence-corrected chi connectivity index (χ3v) is 5.50. The predicted molar refractivity (Wildman–Crippen MR) is 68.7 cm³/mol. The highest BCUT2D eigenvalue weighted by molar-refractivity contribution is 7.92.